The number of aromatic hydroxyl groups is 1. The molecule has 1 unspecified atom stereocenters. The Hall–Kier alpha value is -3.85. The summed E-state index contributed by atoms with van der Waals surface area (Å²) in [6.45, 7) is 7.17. The zero-order valence-corrected chi connectivity index (χ0v) is 19.8. The number of benzene rings is 4. The fourth-order valence-corrected chi connectivity index (χ4v) is 4.69. The van der Waals surface area contributed by atoms with Gasteiger partial charge in [0.25, 0.3) is 0 Å². The van der Waals surface area contributed by atoms with Crippen LogP contribution in [0.1, 0.15) is 48.9 Å². The molecule has 5 rings (SSSR count). The van der Waals surface area contributed by atoms with E-state index in [1.54, 1.807) is 12.1 Å². The second-order valence-electron chi connectivity index (χ2n) is 10.0. The number of amides is 1. The summed E-state index contributed by atoms with van der Waals surface area (Å²) in [5.41, 5.74) is 7.56. The van der Waals surface area contributed by atoms with Crippen molar-refractivity contribution < 1.29 is 9.90 Å². The molecule has 3 nitrogen and oxygen atoms in total. The van der Waals surface area contributed by atoms with Gasteiger partial charge < -0.3 is 10.0 Å². The lowest BCUT2D eigenvalue weighted by Gasteiger charge is -2.20. The standard InChI is InChI=1S/C31H29NO2/c1-31(2,3)25-14-9-22(10-15-25)24-13-18-27-28(19-24)32(20-21-7-5-4-6-8-21)30(34)29(27)23-11-16-26(33)17-12-23/h4-19,29,33H,20H2,1-3H3. The lowest BCUT2D eigenvalue weighted by Crippen LogP contribution is -2.28. The molecule has 1 amide bonds. The maximum Gasteiger partial charge on any atom is 0.239 e. The highest BCUT2D eigenvalue weighted by Crippen LogP contribution is 2.44. The fraction of sp³-hybridized carbons (Fsp3) is 0.194. The molecule has 1 aliphatic rings. The molecule has 0 aliphatic carbocycles. The Balaban J connectivity index is 1.58. The number of carbonyl (C=O) groups excluding carboxylic acids is 1. The normalized spacial score (nSPS) is 15.4. The van der Waals surface area contributed by atoms with Gasteiger partial charge in [-0.3, -0.25) is 4.79 Å². The lowest BCUT2D eigenvalue weighted by atomic mass is 9.86. The van der Waals surface area contributed by atoms with Crippen LogP contribution >= 0.6 is 0 Å². The maximum absolute atomic E-state index is 13.7. The summed E-state index contributed by atoms with van der Waals surface area (Å²) in [6, 6.07) is 32.1. The fourth-order valence-electron chi connectivity index (χ4n) is 4.69. The van der Waals surface area contributed by atoms with E-state index in [4.69, 9.17) is 0 Å². The molecule has 4 aromatic carbocycles. The molecule has 1 N–H and O–H groups in total. The summed E-state index contributed by atoms with van der Waals surface area (Å²) in [5, 5.41) is 9.74. The number of rotatable bonds is 4. The number of phenolic OH excluding ortho intramolecular Hbond substituents is 1. The van der Waals surface area contributed by atoms with Crippen LogP contribution in [-0.2, 0) is 16.8 Å². The van der Waals surface area contributed by atoms with Crippen LogP contribution in [0.15, 0.2) is 97.1 Å². The number of anilines is 1. The predicted octanol–water partition coefficient (Wildman–Crippen LogP) is 7.04. The second kappa shape index (κ2) is 8.49. The van der Waals surface area contributed by atoms with Gasteiger partial charge in [0.05, 0.1) is 12.5 Å². The van der Waals surface area contributed by atoms with E-state index in [1.807, 2.05) is 35.2 Å². The summed E-state index contributed by atoms with van der Waals surface area (Å²) in [5.74, 6) is -0.119. The summed E-state index contributed by atoms with van der Waals surface area (Å²) < 4.78 is 0. The molecular weight excluding hydrogens is 418 g/mol. The number of carbonyl (C=O) groups is 1. The first-order valence-electron chi connectivity index (χ1n) is 11.7. The van der Waals surface area contributed by atoms with E-state index in [2.05, 4.69) is 75.4 Å². The second-order valence-corrected chi connectivity index (χ2v) is 10.0. The van der Waals surface area contributed by atoms with Crippen LogP contribution < -0.4 is 4.90 Å². The van der Waals surface area contributed by atoms with Crippen LogP contribution in [0.2, 0.25) is 0 Å². The van der Waals surface area contributed by atoms with Crippen molar-refractivity contribution in [1.29, 1.82) is 0 Å². The highest BCUT2D eigenvalue weighted by Gasteiger charge is 2.38. The molecule has 0 aromatic heterocycles. The minimum Gasteiger partial charge on any atom is -0.508 e. The Bertz CT molecular complexity index is 1320. The quantitative estimate of drug-likeness (QED) is 0.365. The Morgan fingerprint density at radius 1 is 0.794 bits per heavy atom. The molecule has 4 aromatic rings. The minimum absolute atomic E-state index is 0.0600. The van der Waals surface area contributed by atoms with Gasteiger partial charge in [-0.05, 0) is 57.0 Å². The highest BCUT2D eigenvalue weighted by atomic mass is 16.3. The molecule has 0 saturated heterocycles. The van der Waals surface area contributed by atoms with Gasteiger partial charge in [0.15, 0.2) is 0 Å². The van der Waals surface area contributed by atoms with Crippen LogP contribution in [-0.4, -0.2) is 11.0 Å². The Kier molecular flexibility index (Phi) is 5.49. The van der Waals surface area contributed by atoms with Crippen molar-refractivity contribution in [1.82, 2.24) is 0 Å². The van der Waals surface area contributed by atoms with Crippen molar-refractivity contribution in [2.24, 2.45) is 0 Å². The van der Waals surface area contributed by atoms with Gasteiger partial charge >= 0.3 is 0 Å². The molecule has 1 atom stereocenters. The largest absolute Gasteiger partial charge is 0.508 e. The topological polar surface area (TPSA) is 40.5 Å². The number of nitrogens with zero attached hydrogens (tertiary/aromatic N) is 1. The van der Waals surface area contributed by atoms with Crippen LogP contribution in [0.25, 0.3) is 11.1 Å². The third-order valence-corrected chi connectivity index (χ3v) is 6.64. The maximum atomic E-state index is 13.7. The molecule has 0 fully saturated rings. The molecular formula is C31H29NO2. The molecule has 1 aliphatic heterocycles. The molecule has 34 heavy (non-hydrogen) atoms. The lowest BCUT2D eigenvalue weighted by molar-refractivity contribution is -0.118. The van der Waals surface area contributed by atoms with Crippen LogP contribution in [0.3, 0.4) is 0 Å². The van der Waals surface area contributed by atoms with E-state index >= 15 is 0 Å². The number of phenols is 1. The first kappa shape index (κ1) is 22.0. The molecule has 0 radical (unpaired) electrons. The smallest absolute Gasteiger partial charge is 0.239 e. The number of hydrogen-bond acceptors (Lipinski definition) is 2. The molecule has 3 heteroatoms. The SMILES string of the molecule is CC(C)(C)c1ccc(-c2ccc3c(c2)N(Cc2ccccc2)C(=O)C3c2ccc(O)cc2)cc1. The van der Waals surface area contributed by atoms with E-state index in [0.29, 0.717) is 6.54 Å². The molecule has 1 heterocycles. The minimum atomic E-state index is -0.378. The summed E-state index contributed by atoms with van der Waals surface area (Å²) in [7, 11) is 0. The van der Waals surface area contributed by atoms with E-state index in [1.165, 1.54) is 5.56 Å². The van der Waals surface area contributed by atoms with Crippen LogP contribution in [0, 0.1) is 0 Å². The van der Waals surface area contributed by atoms with Crippen molar-refractivity contribution in [2.75, 3.05) is 4.90 Å². The van der Waals surface area contributed by atoms with Gasteiger partial charge in [0, 0.05) is 5.69 Å². The van der Waals surface area contributed by atoms with Crippen LogP contribution in [0.5, 0.6) is 5.75 Å². The molecule has 0 saturated carbocycles. The van der Waals surface area contributed by atoms with Gasteiger partial charge in [-0.1, -0.05) is 99.6 Å². The van der Waals surface area contributed by atoms with E-state index in [0.717, 1.165) is 33.5 Å². The molecule has 170 valence electrons. The monoisotopic (exact) mass is 447 g/mol. The van der Waals surface area contributed by atoms with E-state index in [9.17, 15) is 9.90 Å². The average Bonchev–Trinajstić information content (AvgIpc) is 3.10. The van der Waals surface area contributed by atoms with Gasteiger partial charge in [-0.15, -0.1) is 0 Å². The zero-order valence-electron chi connectivity index (χ0n) is 19.8. The van der Waals surface area contributed by atoms with Gasteiger partial charge in [-0.25, -0.2) is 0 Å². The van der Waals surface area contributed by atoms with Gasteiger partial charge in [0.2, 0.25) is 5.91 Å². The Morgan fingerprint density at radius 2 is 1.44 bits per heavy atom. The van der Waals surface area contributed by atoms with Crippen molar-refractivity contribution in [3.63, 3.8) is 0 Å². The Labute approximate surface area is 201 Å². The van der Waals surface area contributed by atoms with E-state index in [-0.39, 0.29) is 23.0 Å². The van der Waals surface area contributed by atoms with Crippen molar-refractivity contribution >= 4 is 11.6 Å². The third kappa shape index (κ3) is 4.10. The van der Waals surface area contributed by atoms with E-state index < -0.39 is 0 Å². The number of fused-ring (bicyclic) bond motifs is 1. The highest BCUT2D eigenvalue weighted by molar-refractivity contribution is 6.07. The first-order valence-corrected chi connectivity index (χ1v) is 11.7. The van der Waals surface area contributed by atoms with Crippen LogP contribution in [0.4, 0.5) is 5.69 Å². The first-order chi connectivity index (χ1) is 16.3. The third-order valence-electron chi connectivity index (χ3n) is 6.64. The summed E-state index contributed by atoms with van der Waals surface area (Å²) in [4.78, 5) is 15.6. The molecule has 0 spiro atoms. The molecule has 0 bridgehead atoms. The Morgan fingerprint density at radius 3 is 2.09 bits per heavy atom. The summed E-state index contributed by atoms with van der Waals surface area (Å²) >= 11 is 0. The average molecular weight is 448 g/mol. The predicted molar refractivity (Wildman–Crippen MR) is 138 cm³/mol. The van der Waals surface area contributed by atoms with Crippen molar-refractivity contribution in [3.05, 3.63) is 119 Å². The van der Waals surface area contributed by atoms with Crippen molar-refractivity contribution in [2.45, 2.75) is 38.6 Å². The number of hydrogen-bond donors (Lipinski definition) is 1. The zero-order chi connectivity index (χ0) is 23.9. The van der Waals surface area contributed by atoms with Crippen molar-refractivity contribution in [3.8, 4) is 16.9 Å². The van der Waals surface area contributed by atoms with Gasteiger partial charge in [0.1, 0.15) is 5.75 Å². The summed E-state index contributed by atoms with van der Waals surface area (Å²) in [6.07, 6.45) is 0. The van der Waals surface area contributed by atoms with Gasteiger partial charge in [-0.2, -0.15) is 0 Å².